The Labute approximate surface area is 116 Å². The molecule has 1 saturated heterocycles. The van der Waals surface area contributed by atoms with E-state index in [1.807, 2.05) is 0 Å². The fourth-order valence-electron chi connectivity index (χ4n) is 2.79. The normalized spacial score (nSPS) is 21.3. The lowest BCUT2D eigenvalue weighted by Crippen LogP contribution is -2.39. The van der Waals surface area contributed by atoms with Crippen LogP contribution in [0.15, 0.2) is 34.8 Å². The molecule has 0 spiro atoms. The number of fused-ring (bicyclic) bond motifs is 1. The Hall–Kier alpha value is -1.59. The van der Waals surface area contributed by atoms with E-state index in [2.05, 4.69) is 39.7 Å². The summed E-state index contributed by atoms with van der Waals surface area (Å²) in [5.41, 5.74) is 7.10. The van der Waals surface area contributed by atoms with E-state index in [1.54, 1.807) is 11.3 Å². The summed E-state index contributed by atoms with van der Waals surface area (Å²) in [6.45, 7) is 1.87. The van der Waals surface area contributed by atoms with Crippen molar-refractivity contribution in [3.63, 3.8) is 0 Å². The van der Waals surface area contributed by atoms with Crippen LogP contribution in [0.1, 0.15) is 18.4 Å². The highest BCUT2D eigenvalue weighted by molar-refractivity contribution is 7.17. The van der Waals surface area contributed by atoms with Gasteiger partial charge in [-0.2, -0.15) is 0 Å². The lowest BCUT2D eigenvalue weighted by Gasteiger charge is -2.22. The first-order chi connectivity index (χ1) is 9.29. The smallest absolute Gasteiger partial charge is 0.156 e. The molecule has 1 fully saturated rings. The van der Waals surface area contributed by atoms with Crippen molar-refractivity contribution in [2.24, 2.45) is 10.9 Å². The van der Waals surface area contributed by atoms with Gasteiger partial charge in [-0.05, 0) is 41.8 Å². The van der Waals surface area contributed by atoms with Crippen molar-refractivity contribution >= 4 is 27.3 Å². The van der Waals surface area contributed by atoms with Gasteiger partial charge in [-0.25, -0.2) is 0 Å². The van der Waals surface area contributed by atoms with E-state index in [4.69, 9.17) is 10.9 Å². The predicted molar refractivity (Wildman–Crippen MR) is 78.7 cm³/mol. The Morgan fingerprint density at radius 2 is 2.32 bits per heavy atom. The summed E-state index contributed by atoms with van der Waals surface area (Å²) in [4.78, 5) is 2.30. The molecule has 100 valence electrons. The molecule has 1 aliphatic rings. The van der Waals surface area contributed by atoms with Gasteiger partial charge in [-0.15, -0.1) is 11.3 Å². The minimum atomic E-state index is 0.0728. The highest BCUT2D eigenvalue weighted by Crippen LogP contribution is 2.29. The molecular formula is C14H17N3OS. The number of amidine groups is 1. The standard InChI is InChI=1S/C14H17N3OS/c15-14(16-18)12-5-3-7-17(12)8-10-9-19-13-6-2-1-4-11(10)13/h1-2,4,6,9,12,18H,3,5,7-8H2,(H2,15,16). The van der Waals surface area contributed by atoms with Gasteiger partial charge < -0.3 is 10.9 Å². The van der Waals surface area contributed by atoms with Crippen LogP contribution in [0.3, 0.4) is 0 Å². The van der Waals surface area contributed by atoms with Crippen molar-refractivity contribution in [3.8, 4) is 0 Å². The summed E-state index contributed by atoms with van der Waals surface area (Å²) in [5, 5.41) is 15.5. The maximum Gasteiger partial charge on any atom is 0.156 e. The zero-order chi connectivity index (χ0) is 13.2. The second kappa shape index (κ2) is 5.19. The molecule has 5 heteroatoms. The first-order valence-electron chi connectivity index (χ1n) is 6.46. The summed E-state index contributed by atoms with van der Waals surface area (Å²) >= 11 is 1.78. The van der Waals surface area contributed by atoms with Crippen LogP contribution in [0.5, 0.6) is 0 Å². The van der Waals surface area contributed by atoms with E-state index in [9.17, 15) is 0 Å². The Morgan fingerprint density at radius 1 is 1.47 bits per heavy atom. The molecule has 1 aromatic heterocycles. The van der Waals surface area contributed by atoms with E-state index < -0.39 is 0 Å². The molecule has 0 bridgehead atoms. The van der Waals surface area contributed by atoms with Crippen molar-refractivity contribution < 1.29 is 5.21 Å². The lowest BCUT2D eigenvalue weighted by molar-refractivity contribution is 0.275. The van der Waals surface area contributed by atoms with Crippen LogP contribution in [-0.4, -0.2) is 28.5 Å². The molecule has 0 amide bonds. The van der Waals surface area contributed by atoms with Crippen LogP contribution >= 0.6 is 11.3 Å². The number of nitrogens with two attached hydrogens (primary N) is 1. The van der Waals surface area contributed by atoms with Crippen LogP contribution in [0.25, 0.3) is 10.1 Å². The van der Waals surface area contributed by atoms with Gasteiger partial charge in [0.25, 0.3) is 0 Å². The Balaban J connectivity index is 1.85. The summed E-state index contributed by atoms with van der Waals surface area (Å²) in [6, 6.07) is 8.52. The molecule has 0 aliphatic carbocycles. The van der Waals surface area contributed by atoms with Crippen molar-refractivity contribution in [1.29, 1.82) is 0 Å². The van der Waals surface area contributed by atoms with E-state index in [-0.39, 0.29) is 6.04 Å². The monoisotopic (exact) mass is 275 g/mol. The minimum Gasteiger partial charge on any atom is -0.409 e. The summed E-state index contributed by atoms with van der Waals surface area (Å²) in [7, 11) is 0. The number of oxime groups is 1. The Bertz CT molecular complexity index is 608. The predicted octanol–water partition coefficient (Wildman–Crippen LogP) is 2.61. The lowest BCUT2D eigenvalue weighted by atomic mass is 10.1. The topological polar surface area (TPSA) is 61.9 Å². The highest BCUT2D eigenvalue weighted by atomic mass is 32.1. The average molecular weight is 275 g/mol. The zero-order valence-corrected chi connectivity index (χ0v) is 11.4. The first kappa shape index (κ1) is 12.4. The number of benzene rings is 1. The largest absolute Gasteiger partial charge is 0.409 e. The maximum atomic E-state index is 8.85. The van der Waals surface area contributed by atoms with Gasteiger partial charge >= 0.3 is 0 Å². The number of nitrogens with zero attached hydrogens (tertiary/aromatic N) is 2. The SMILES string of the molecule is NC(=NO)C1CCCN1Cc1csc2ccccc12. The van der Waals surface area contributed by atoms with Crippen molar-refractivity contribution in [3.05, 3.63) is 35.2 Å². The van der Waals surface area contributed by atoms with Gasteiger partial charge in [0, 0.05) is 11.2 Å². The van der Waals surface area contributed by atoms with Crippen LogP contribution < -0.4 is 5.73 Å². The number of hydrogen-bond donors (Lipinski definition) is 2. The summed E-state index contributed by atoms with van der Waals surface area (Å²) in [6.07, 6.45) is 2.07. The molecular weight excluding hydrogens is 258 g/mol. The van der Waals surface area contributed by atoms with Crippen molar-refractivity contribution in [1.82, 2.24) is 4.90 Å². The molecule has 2 heterocycles. The highest BCUT2D eigenvalue weighted by Gasteiger charge is 2.28. The zero-order valence-electron chi connectivity index (χ0n) is 10.6. The summed E-state index contributed by atoms with van der Waals surface area (Å²) < 4.78 is 1.32. The number of likely N-dealkylation sites (tertiary alicyclic amines) is 1. The second-order valence-corrected chi connectivity index (χ2v) is 5.82. The van der Waals surface area contributed by atoms with Gasteiger partial charge in [-0.3, -0.25) is 4.90 Å². The maximum absolute atomic E-state index is 8.85. The quantitative estimate of drug-likeness (QED) is 0.392. The van der Waals surface area contributed by atoms with Gasteiger partial charge in [0.15, 0.2) is 5.84 Å². The minimum absolute atomic E-state index is 0.0728. The third-order valence-corrected chi connectivity index (χ3v) is 4.77. The van der Waals surface area contributed by atoms with Gasteiger partial charge in [-0.1, -0.05) is 23.4 Å². The average Bonchev–Trinajstić information content (AvgIpc) is 3.06. The van der Waals surface area contributed by atoms with Crippen LogP contribution in [0.2, 0.25) is 0 Å². The molecule has 3 rings (SSSR count). The van der Waals surface area contributed by atoms with Gasteiger partial charge in [0.05, 0.1) is 6.04 Å². The fraction of sp³-hybridized carbons (Fsp3) is 0.357. The van der Waals surface area contributed by atoms with Crippen molar-refractivity contribution in [2.75, 3.05) is 6.54 Å². The van der Waals surface area contributed by atoms with Crippen LogP contribution in [0.4, 0.5) is 0 Å². The molecule has 19 heavy (non-hydrogen) atoms. The van der Waals surface area contributed by atoms with E-state index in [1.165, 1.54) is 15.6 Å². The van der Waals surface area contributed by atoms with Gasteiger partial charge in [0.1, 0.15) is 0 Å². The van der Waals surface area contributed by atoms with Crippen molar-refractivity contribution in [2.45, 2.75) is 25.4 Å². The van der Waals surface area contributed by atoms with Gasteiger partial charge in [0.2, 0.25) is 0 Å². The first-order valence-corrected chi connectivity index (χ1v) is 7.34. The molecule has 1 unspecified atom stereocenters. The van der Waals surface area contributed by atoms with Crippen LogP contribution in [-0.2, 0) is 6.54 Å². The molecule has 4 nitrogen and oxygen atoms in total. The molecule has 2 aromatic rings. The second-order valence-electron chi connectivity index (χ2n) is 4.91. The van der Waals surface area contributed by atoms with E-state index in [0.717, 1.165) is 25.9 Å². The molecule has 3 N–H and O–H groups in total. The molecule has 0 saturated carbocycles. The van der Waals surface area contributed by atoms with Crippen LogP contribution in [0, 0.1) is 0 Å². The number of hydrogen-bond acceptors (Lipinski definition) is 4. The third kappa shape index (κ3) is 2.31. The summed E-state index contributed by atoms with van der Waals surface area (Å²) in [5.74, 6) is 0.331. The van der Waals surface area contributed by atoms with E-state index >= 15 is 0 Å². The Kier molecular flexibility index (Phi) is 3.40. The number of rotatable bonds is 3. The van der Waals surface area contributed by atoms with E-state index in [0.29, 0.717) is 5.84 Å². The molecule has 1 aromatic carbocycles. The number of thiophene rings is 1. The fourth-order valence-corrected chi connectivity index (χ4v) is 3.74. The third-order valence-electron chi connectivity index (χ3n) is 3.76. The molecule has 1 aliphatic heterocycles. The Morgan fingerprint density at radius 3 is 3.16 bits per heavy atom. The molecule has 1 atom stereocenters. The molecule has 0 radical (unpaired) electrons.